The summed E-state index contributed by atoms with van der Waals surface area (Å²) in [4.78, 5) is 14.4. The van der Waals surface area contributed by atoms with E-state index in [1.807, 2.05) is 60.6 Å². The number of morpholine rings is 1. The van der Waals surface area contributed by atoms with Crippen molar-refractivity contribution >= 4 is 17.7 Å². The van der Waals surface area contributed by atoms with Gasteiger partial charge >= 0.3 is 0 Å². The predicted molar refractivity (Wildman–Crippen MR) is 93.4 cm³/mol. The Balaban J connectivity index is 1.68. The first-order chi connectivity index (χ1) is 11.5. The van der Waals surface area contributed by atoms with Gasteiger partial charge in [-0.1, -0.05) is 30.0 Å². The molecule has 2 aromatic rings. The van der Waals surface area contributed by atoms with Crippen molar-refractivity contribution in [2.45, 2.75) is 38.1 Å². The van der Waals surface area contributed by atoms with Gasteiger partial charge in [0, 0.05) is 18.8 Å². The Bertz CT molecular complexity index is 694. The summed E-state index contributed by atoms with van der Waals surface area (Å²) in [6.07, 6.45) is 0.163. The molecule has 0 bridgehead atoms. The number of thioether (sulfide) groups is 1. The van der Waals surface area contributed by atoms with Gasteiger partial charge in [-0.3, -0.25) is 9.36 Å². The number of amides is 1. The maximum absolute atomic E-state index is 12.5. The molecule has 1 aromatic heterocycles. The van der Waals surface area contributed by atoms with Crippen LogP contribution in [0.5, 0.6) is 0 Å². The zero-order valence-electron chi connectivity index (χ0n) is 14.2. The highest BCUT2D eigenvalue weighted by Crippen LogP contribution is 2.22. The Morgan fingerprint density at radius 2 is 1.88 bits per heavy atom. The number of para-hydroxylation sites is 1. The molecule has 0 radical (unpaired) electrons. The molecule has 0 aliphatic carbocycles. The number of rotatable bonds is 4. The Morgan fingerprint density at radius 3 is 2.54 bits per heavy atom. The van der Waals surface area contributed by atoms with Crippen LogP contribution in [-0.4, -0.2) is 56.6 Å². The fourth-order valence-electron chi connectivity index (χ4n) is 2.91. The molecule has 1 aliphatic heterocycles. The molecule has 1 saturated heterocycles. The number of carbonyl (C=O) groups is 1. The van der Waals surface area contributed by atoms with Crippen LogP contribution in [0.2, 0.25) is 0 Å². The van der Waals surface area contributed by atoms with Crippen molar-refractivity contribution in [3.8, 4) is 5.69 Å². The van der Waals surface area contributed by atoms with E-state index in [-0.39, 0.29) is 18.1 Å². The van der Waals surface area contributed by atoms with Crippen LogP contribution in [0.25, 0.3) is 5.69 Å². The van der Waals surface area contributed by atoms with Crippen molar-refractivity contribution < 1.29 is 9.53 Å². The second-order valence-corrected chi connectivity index (χ2v) is 6.99. The minimum Gasteiger partial charge on any atom is -0.372 e. The zero-order chi connectivity index (χ0) is 17.1. The molecule has 1 fully saturated rings. The highest BCUT2D eigenvalue weighted by atomic mass is 32.2. The maximum Gasteiger partial charge on any atom is 0.233 e. The Labute approximate surface area is 146 Å². The molecule has 0 unspecified atom stereocenters. The minimum absolute atomic E-state index is 0.0814. The highest BCUT2D eigenvalue weighted by Gasteiger charge is 2.26. The number of ether oxygens (including phenoxy) is 1. The molecule has 0 N–H and O–H groups in total. The summed E-state index contributed by atoms with van der Waals surface area (Å²) >= 11 is 1.42. The van der Waals surface area contributed by atoms with Crippen molar-refractivity contribution in [2.75, 3.05) is 18.8 Å². The molecule has 7 heteroatoms. The van der Waals surface area contributed by atoms with Gasteiger partial charge in [-0.05, 0) is 32.9 Å². The van der Waals surface area contributed by atoms with Crippen molar-refractivity contribution in [2.24, 2.45) is 0 Å². The highest BCUT2D eigenvalue weighted by molar-refractivity contribution is 7.99. The third-order valence-electron chi connectivity index (χ3n) is 3.91. The first-order valence-corrected chi connectivity index (χ1v) is 9.06. The molecular formula is C17H22N4O2S. The van der Waals surface area contributed by atoms with E-state index in [1.54, 1.807) is 0 Å². The van der Waals surface area contributed by atoms with Crippen LogP contribution in [0.4, 0.5) is 0 Å². The number of aromatic nitrogens is 3. The van der Waals surface area contributed by atoms with E-state index in [4.69, 9.17) is 4.74 Å². The first kappa shape index (κ1) is 17.0. The first-order valence-electron chi connectivity index (χ1n) is 8.08. The van der Waals surface area contributed by atoms with E-state index in [0.29, 0.717) is 18.8 Å². The van der Waals surface area contributed by atoms with Gasteiger partial charge in [0.1, 0.15) is 5.82 Å². The maximum atomic E-state index is 12.5. The summed E-state index contributed by atoms with van der Waals surface area (Å²) < 4.78 is 7.66. The van der Waals surface area contributed by atoms with Crippen molar-refractivity contribution in [1.82, 2.24) is 19.7 Å². The molecule has 2 atom stereocenters. The van der Waals surface area contributed by atoms with Crippen LogP contribution in [0, 0.1) is 6.92 Å². The summed E-state index contributed by atoms with van der Waals surface area (Å²) in [5, 5.41) is 9.11. The molecule has 3 rings (SSSR count). The lowest BCUT2D eigenvalue weighted by Gasteiger charge is -2.35. The number of hydrogen-bond acceptors (Lipinski definition) is 5. The van der Waals surface area contributed by atoms with Gasteiger partial charge in [0.25, 0.3) is 0 Å². The lowest BCUT2D eigenvalue weighted by atomic mass is 10.2. The Hall–Kier alpha value is -1.86. The van der Waals surface area contributed by atoms with Crippen LogP contribution in [0.3, 0.4) is 0 Å². The van der Waals surface area contributed by atoms with E-state index in [0.717, 1.165) is 16.7 Å². The normalized spacial score (nSPS) is 21.0. The lowest BCUT2D eigenvalue weighted by Crippen LogP contribution is -2.48. The van der Waals surface area contributed by atoms with E-state index in [2.05, 4.69) is 10.2 Å². The SMILES string of the molecule is Cc1nnc(SCC(=O)N2C[C@H](C)O[C@@H](C)C2)n1-c1ccccc1. The van der Waals surface area contributed by atoms with Gasteiger partial charge in [0.05, 0.1) is 18.0 Å². The second kappa shape index (κ2) is 7.36. The molecule has 6 nitrogen and oxygen atoms in total. The molecular weight excluding hydrogens is 324 g/mol. The minimum atomic E-state index is 0.0814. The van der Waals surface area contributed by atoms with Crippen LogP contribution in [-0.2, 0) is 9.53 Å². The molecule has 24 heavy (non-hydrogen) atoms. The Kier molecular flexibility index (Phi) is 5.20. The summed E-state index contributed by atoms with van der Waals surface area (Å²) in [7, 11) is 0. The van der Waals surface area contributed by atoms with Crippen LogP contribution in [0.15, 0.2) is 35.5 Å². The van der Waals surface area contributed by atoms with E-state index >= 15 is 0 Å². The zero-order valence-corrected chi connectivity index (χ0v) is 15.0. The fourth-order valence-corrected chi connectivity index (χ4v) is 3.81. The average Bonchev–Trinajstić information content (AvgIpc) is 2.93. The van der Waals surface area contributed by atoms with Crippen LogP contribution < -0.4 is 0 Å². The topological polar surface area (TPSA) is 60.3 Å². The van der Waals surface area contributed by atoms with Crippen molar-refractivity contribution in [3.63, 3.8) is 0 Å². The molecule has 2 heterocycles. The molecule has 1 aliphatic rings. The van der Waals surface area contributed by atoms with Crippen molar-refractivity contribution in [3.05, 3.63) is 36.2 Å². The van der Waals surface area contributed by atoms with E-state index < -0.39 is 0 Å². The van der Waals surface area contributed by atoms with Gasteiger partial charge in [-0.2, -0.15) is 0 Å². The monoisotopic (exact) mass is 346 g/mol. The summed E-state index contributed by atoms with van der Waals surface area (Å²) in [6.45, 7) is 7.20. The van der Waals surface area contributed by atoms with Gasteiger partial charge in [-0.25, -0.2) is 0 Å². The number of aryl methyl sites for hydroxylation is 1. The van der Waals surface area contributed by atoms with E-state index in [9.17, 15) is 4.79 Å². The van der Waals surface area contributed by atoms with Gasteiger partial charge in [0.15, 0.2) is 5.16 Å². The van der Waals surface area contributed by atoms with Gasteiger partial charge < -0.3 is 9.64 Å². The van der Waals surface area contributed by atoms with E-state index in [1.165, 1.54) is 11.8 Å². The predicted octanol–water partition coefficient (Wildman–Crippen LogP) is 2.30. The molecule has 0 spiro atoms. The molecule has 128 valence electrons. The third kappa shape index (κ3) is 3.79. The number of nitrogens with zero attached hydrogens (tertiary/aromatic N) is 4. The molecule has 1 aromatic carbocycles. The van der Waals surface area contributed by atoms with Crippen LogP contribution in [0.1, 0.15) is 19.7 Å². The number of hydrogen-bond donors (Lipinski definition) is 0. The largest absolute Gasteiger partial charge is 0.372 e. The summed E-state index contributed by atoms with van der Waals surface area (Å²) in [5.41, 5.74) is 1.00. The molecule has 0 saturated carbocycles. The second-order valence-electron chi connectivity index (χ2n) is 6.05. The average molecular weight is 346 g/mol. The van der Waals surface area contributed by atoms with Gasteiger partial charge in [-0.15, -0.1) is 10.2 Å². The van der Waals surface area contributed by atoms with Crippen LogP contribution >= 0.6 is 11.8 Å². The standard InChI is InChI=1S/C17H22N4O2S/c1-12-9-20(10-13(2)23-12)16(22)11-24-17-19-18-14(3)21(17)15-7-5-4-6-8-15/h4-8,12-13H,9-11H2,1-3H3/t12-,13-/m0/s1. The fraction of sp³-hybridized carbons (Fsp3) is 0.471. The van der Waals surface area contributed by atoms with Crippen molar-refractivity contribution in [1.29, 1.82) is 0 Å². The Morgan fingerprint density at radius 1 is 1.21 bits per heavy atom. The quantitative estimate of drug-likeness (QED) is 0.795. The molecule has 1 amide bonds. The smallest absolute Gasteiger partial charge is 0.233 e. The third-order valence-corrected chi connectivity index (χ3v) is 4.82. The summed E-state index contributed by atoms with van der Waals surface area (Å²) in [5.74, 6) is 1.27. The number of carbonyl (C=O) groups excluding carboxylic acids is 1. The van der Waals surface area contributed by atoms with Gasteiger partial charge in [0.2, 0.25) is 5.91 Å². The number of benzene rings is 1. The lowest BCUT2D eigenvalue weighted by molar-refractivity contribution is -0.140. The summed E-state index contributed by atoms with van der Waals surface area (Å²) in [6, 6.07) is 9.94.